The van der Waals surface area contributed by atoms with Gasteiger partial charge < -0.3 is 5.73 Å². The molecule has 2 heterocycles. The van der Waals surface area contributed by atoms with Crippen LogP contribution in [0.3, 0.4) is 0 Å². The van der Waals surface area contributed by atoms with Crippen molar-refractivity contribution in [1.29, 1.82) is 0 Å². The average Bonchev–Trinajstić information content (AvgIpc) is 2.78. The molecule has 0 aliphatic heterocycles. The van der Waals surface area contributed by atoms with Crippen LogP contribution in [0, 0.1) is 6.92 Å². The lowest BCUT2D eigenvalue weighted by atomic mass is 10.3. The molecule has 2 aromatic heterocycles. The highest BCUT2D eigenvalue weighted by Crippen LogP contribution is 2.26. The fraction of sp³-hybridized carbons (Fsp3) is 0.333. The fourth-order valence-electron chi connectivity index (χ4n) is 0.974. The third kappa shape index (κ3) is 2.09. The van der Waals surface area contributed by atoms with E-state index in [0.29, 0.717) is 10.1 Å². The molecule has 0 amide bonds. The lowest BCUT2D eigenvalue weighted by Gasteiger charge is -2.03. The molecule has 0 aliphatic carbocycles. The summed E-state index contributed by atoms with van der Waals surface area (Å²) >= 11 is 2.33. The van der Waals surface area contributed by atoms with E-state index in [2.05, 4.69) is 24.4 Å². The number of aryl methyl sites for hydroxylation is 1. The summed E-state index contributed by atoms with van der Waals surface area (Å²) in [6.07, 6.45) is -0.815. The van der Waals surface area contributed by atoms with E-state index in [-0.39, 0.29) is 5.82 Å². The van der Waals surface area contributed by atoms with E-state index in [9.17, 15) is 0 Å². The van der Waals surface area contributed by atoms with Crippen molar-refractivity contribution in [2.24, 2.45) is 0 Å². The van der Waals surface area contributed by atoms with Gasteiger partial charge in [-0.25, -0.2) is 9.82 Å². The smallest absolute Gasteiger partial charge is 0.200 e. The van der Waals surface area contributed by atoms with Crippen molar-refractivity contribution < 1.29 is 4.84 Å². The van der Waals surface area contributed by atoms with Gasteiger partial charge in [-0.15, -0.1) is 10.2 Å². The Kier molecular flexibility index (Phi) is 2.86. The minimum absolute atomic E-state index is 0.288. The standard InChI is InChI=1S/C6H6N6OS2/c1-2-10-11-5(14-2)3(13-8)4-9-6(7)15-12-4/h3H,1H3,(H2,7,9,12). The molecule has 0 spiro atoms. The largest absolute Gasteiger partial charge is 0.374 e. The van der Waals surface area contributed by atoms with Gasteiger partial charge >= 0.3 is 0 Å². The topological polar surface area (TPSA) is 109 Å². The molecule has 9 heteroatoms. The zero-order valence-corrected chi connectivity index (χ0v) is 9.25. The Morgan fingerprint density at radius 1 is 1.47 bits per heavy atom. The molecule has 0 aromatic carbocycles. The van der Waals surface area contributed by atoms with Crippen LogP contribution >= 0.6 is 22.9 Å². The quantitative estimate of drug-likeness (QED) is 0.779. The summed E-state index contributed by atoms with van der Waals surface area (Å²) in [5, 5.41) is 9.23. The summed E-state index contributed by atoms with van der Waals surface area (Å²) in [6.45, 7) is 1.80. The van der Waals surface area contributed by atoms with Crippen LogP contribution in [0.15, 0.2) is 0 Å². The predicted octanol–water partition coefficient (Wildman–Crippen LogP) is 0.370. The first-order chi connectivity index (χ1) is 7.20. The molecule has 0 aliphatic rings. The van der Waals surface area contributed by atoms with Gasteiger partial charge in [-0.05, 0) is 6.92 Å². The van der Waals surface area contributed by atoms with Crippen molar-refractivity contribution in [3.05, 3.63) is 15.8 Å². The Bertz CT molecular complexity index is 414. The van der Waals surface area contributed by atoms with E-state index < -0.39 is 6.10 Å². The molecule has 7 nitrogen and oxygen atoms in total. The summed E-state index contributed by atoms with van der Waals surface area (Å²) in [6, 6.07) is 0. The van der Waals surface area contributed by atoms with Crippen LogP contribution < -0.4 is 11.6 Å². The number of hydrogen-bond donors (Lipinski definition) is 1. The second-order valence-electron chi connectivity index (χ2n) is 2.64. The minimum atomic E-state index is -0.815. The van der Waals surface area contributed by atoms with Gasteiger partial charge in [-0.3, -0.25) is 0 Å². The summed E-state index contributed by atoms with van der Waals surface area (Å²) in [5.41, 5.74) is 5.43. The molecule has 2 N–H and O–H groups in total. The van der Waals surface area contributed by atoms with E-state index in [1.807, 2.05) is 0 Å². The van der Waals surface area contributed by atoms with Crippen LogP contribution in [0.4, 0.5) is 5.13 Å². The van der Waals surface area contributed by atoms with Crippen molar-refractivity contribution >= 4 is 28.0 Å². The van der Waals surface area contributed by atoms with Crippen LogP contribution in [-0.4, -0.2) is 19.6 Å². The number of rotatable bonds is 3. The molecule has 1 unspecified atom stereocenters. The zero-order valence-electron chi connectivity index (χ0n) is 7.62. The summed E-state index contributed by atoms with van der Waals surface area (Å²) in [7, 11) is 0. The SMILES string of the molecule is Cc1nnc(C(O[N])c2nsc(N)n2)s1. The normalized spacial score (nSPS) is 12.9. The molecule has 0 saturated heterocycles. The van der Waals surface area contributed by atoms with Crippen LogP contribution in [0.5, 0.6) is 0 Å². The highest BCUT2D eigenvalue weighted by atomic mass is 32.1. The van der Waals surface area contributed by atoms with Gasteiger partial charge in [0.25, 0.3) is 0 Å². The molecule has 78 valence electrons. The molecule has 0 bridgehead atoms. The maximum absolute atomic E-state index is 8.77. The first kappa shape index (κ1) is 10.4. The van der Waals surface area contributed by atoms with Gasteiger partial charge in [0.2, 0.25) is 0 Å². The summed E-state index contributed by atoms with van der Waals surface area (Å²) in [5.74, 6) is 9.06. The first-order valence-electron chi connectivity index (χ1n) is 3.90. The Hall–Kier alpha value is -1.16. The van der Waals surface area contributed by atoms with Crippen LogP contribution in [0.1, 0.15) is 21.9 Å². The minimum Gasteiger partial charge on any atom is -0.374 e. The third-order valence-corrected chi connectivity index (χ3v) is 3.00. The van der Waals surface area contributed by atoms with Crippen LogP contribution in [0.2, 0.25) is 0 Å². The van der Waals surface area contributed by atoms with E-state index in [1.54, 1.807) is 6.92 Å². The fourth-order valence-corrected chi connectivity index (χ4v) is 2.15. The maximum Gasteiger partial charge on any atom is 0.200 e. The lowest BCUT2D eigenvalue weighted by Crippen LogP contribution is -2.06. The highest BCUT2D eigenvalue weighted by Gasteiger charge is 2.23. The number of nitrogens with zero attached hydrogens (tertiary/aromatic N) is 5. The molecular weight excluding hydrogens is 236 g/mol. The second-order valence-corrected chi connectivity index (χ2v) is 4.63. The molecule has 1 atom stereocenters. The van der Waals surface area contributed by atoms with E-state index in [4.69, 9.17) is 11.6 Å². The Labute approximate surface area is 93.2 Å². The highest BCUT2D eigenvalue weighted by molar-refractivity contribution is 7.11. The summed E-state index contributed by atoms with van der Waals surface area (Å²) in [4.78, 5) is 8.19. The Balaban J connectivity index is 2.32. The molecule has 2 aromatic rings. The van der Waals surface area contributed by atoms with Gasteiger partial charge in [0.05, 0.1) is 0 Å². The first-order valence-corrected chi connectivity index (χ1v) is 5.49. The molecule has 0 saturated carbocycles. The lowest BCUT2D eigenvalue weighted by molar-refractivity contribution is 0.0581. The number of aromatic nitrogens is 4. The van der Waals surface area contributed by atoms with Crippen molar-refractivity contribution in [3.8, 4) is 0 Å². The number of hydrogen-bond acceptors (Lipinski definition) is 8. The molecule has 0 fully saturated rings. The van der Waals surface area contributed by atoms with E-state index in [0.717, 1.165) is 16.5 Å². The molecular formula is C6H6N6OS2. The maximum atomic E-state index is 8.77. The number of nitrogens with two attached hydrogens (primary N) is 1. The van der Waals surface area contributed by atoms with Crippen molar-refractivity contribution in [3.63, 3.8) is 0 Å². The second kappa shape index (κ2) is 4.14. The van der Waals surface area contributed by atoms with Crippen LogP contribution in [-0.2, 0) is 4.84 Å². The third-order valence-electron chi connectivity index (χ3n) is 1.56. The average molecular weight is 242 g/mol. The van der Waals surface area contributed by atoms with Gasteiger partial charge in [-0.1, -0.05) is 11.3 Å². The van der Waals surface area contributed by atoms with E-state index in [1.165, 1.54) is 11.3 Å². The number of nitrogen functional groups attached to an aromatic ring is 1. The molecule has 2 radical (unpaired) electrons. The Morgan fingerprint density at radius 3 is 2.73 bits per heavy atom. The van der Waals surface area contributed by atoms with Gasteiger partial charge in [-0.2, -0.15) is 4.37 Å². The Morgan fingerprint density at radius 2 is 2.27 bits per heavy atom. The van der Waals surface area contributed by atoms with Gasteiger partial charge in [0, 0.05) is 17.4 Å². The van der Waals surface area contributed by atoms with Crippen molar-refractivity contribution in [1.82, 2.24) is 25.5 Å². The number of anilines is 1. The zero-order chi connectivity index (χ0) is 10.8. The predicted molar refractivity (Wildman–Crippen MR) is 54.0 cm³/mol. The van der Waals surface area contributed by atoms with Crippen molar-refractivity contribution in [2.45, 2.75) is 13.0 Å². The van der Waals surface area contributed by atoms with Gasteiger partial charge in [0.15, 0.2) is 22.1 Å². The van der Waals surface area contributed by atoms with Crippen LogP contribution in [0.25, 0.3) is 0 Å². The van der Waals surface area contributed by atoms with E-state index >= 15 is 0 Å². The summed E-state index contributed by atoms with van der Waals surface area (Å²) < 4.78 is 3.93. The monoisotopic (exact) mass is 242 g/mol. The van der Waals surface area contributed by atoms with Gasteiger partial charge in [0.1, 0.15) is 5.01 Å². The van der Waals surface area contributed by atoms with Crippen molar-refractivity contribution in [2.75, 3.05) is 5.73 Å². The molecule has 2 rings (SSSR count). The molecule has 15 heavy (non-hydrogen) atoms.